The standard InChI is InChI=1S/C25H26N4O2S/c26-17-25(12-14-31-15-13-25)19-4-3-7-23(16-19)32-22-10-8-21(9-11-22)29-24(30)28(18-27-29)20-5-1-2-6-20/h3-4,7-11,16,18,20H,1-2,5-6,12-15H2. The van der Waals surface area contributed by atoms with Crippen LogP contribution in [0.15, 0.2) is 69.4 Å². The molecule has 0 spiro atoms. The zero-order valence-electron chi connectivity index (χ0n) is 17.9. The van der Waals surface area contributed by atoms with Crippen molar-refractivity contribution in [2.24, 2.45) is 0 Å². The van der Waals surface area contributed by atoms with Crippen LogP contribution in [0, 0.1) is 11.3 Å². The van der Waals surface area contributed by atoms with Crippen LogP contribution in [-0.2, 0) is 10.2 Å². The third-order valence-corrected chi connectivity index (χ3v) is 7.67. The highest BCUT2D eigenvalue weighted by molar-refractivity contribution is 7.99. The molecule has 2 fully saturated rings. The molecular formula is C25H26N4O2S. The van der Waals surface area contributed by atoms with Gasteiger partial charge in [0, 0.05) is 29.0 Å². The number of nitriles is 1. The largest absolute Gasteiger partial charge is 0.381 e. The van der Waals surface area contributed by atoms with Gasteiger partial charge in [-0.25, -0.2) is 4.79 Å². The SMILES string of the molecule is N#CC1(c2cccc(Sc3ccc(-n4ncn(C5CCCC5)c4=O)cc3)c2)CCOCC1. The van der Waals surface area contributed by atoms with Gasteiger partial charge in [-0.15, -0.1) is 0 Å². The van der Waals surface area contributed by atoms with E-state index in [-0.39, 0.29) is 11.7 Å². The van der Waals surface area contributed by atoms with Gasteiger partial charge in [-0.2, -0.15) is 15.0 Å². The summed E-state index contributed by atoms with van der Waals surface area (Å²) in [5.74, 6) is 0. The van der Waals surface area contributed by atoms with E-state index in [2.05, 4.69) is 29.4 Å². The molecule has 2 aliphatic rings. The van der Waals surface area contributed by atoms with Crippen LogP contribution in [0.5, 0.6) is 0 Å². The Bertz CT molecular complexity index is 1180. The Hall–Kier alpha value is -2.82. The Morgan fingerprint density at radius 1 is 1.06 bits per heavy atom. The average molecular weight is 447 g/mol. The molecule has 5 rings (SSSR count). The Morgan fingerprint density at radius 2 is 1.81 bits per heavy atom. The molecule has 0 radical (unpaired) electrons. The minimum atomic E-state index is -0.460. The molecule has 2 heterocycles. The highest BCUT2D eigenvalue weighted by Gasteiger charge is 2.34. The van der Waals surface area contributed by atoms with Crippen LogP contribution < -0.4 is 5.69 Å². The van der Waals surface area contributed by atoms with Crippen LogP contribution in [0.2, 0.25) is 0 Å². The van der Waals surface area contributed by atoms with Crippen LogP contribution >= 0.6 is 11.8 Å². The van der Waals surface area contributed by atoms with Crippen molar-refractivity contribution in [1.82, 2.24) is 14.3 Å². The minimum Gasteiger partial charge on any atom is -0.381 e. The lowest BCUT2D eigenvalue weighted by Crippen LogP contribution is -2.32. The molecule has 0 N–H and O–H groups in total. The third kappa shape index (κ3) is 4.01. The Balaban J connectivity index is 1.34. The quantitative estimate of drug-likeness (QED) is 0.559. The number of hydrogen-bond donors (Lipinski definition) is 0. The van der Waals surface area contributed by atoms with Crippen molar-refractivity contribution in [3.8, 4) is 11.8 Å². The van der Waals surface area contributed by atoms with Gasteiger partial charge >= 0.3 is 5.69 Å². The monoisotopic (exact) mass is 446 g/mol. The first-order valence-corrected chi connectivity index (χ1v) is 12.0. The van der Waals surface area contributed by atoms with Gasteiger partial charge in [0.25, 0.3) is 0 Å². The van der Waals surface area contributed by atoms with E-state index in [1.807, 2.05) is 30.3 Å². The molecule has 1 saturated heterocycles. The van der Waals surface area contributed by atoms with Gasteiger partial charge in [0.1, 0.15) is 6.33 Å². The molecule has 1 aliphatic carbocycles. The second kappa shape index (κ2) is 8.97. The van der Waals surface area contributed by atoms with Crippen LogP contribution in [0.1, 0.15) is 50.1 Å². The Morgan fingerprint density at radius 3 is 2.53 bits per heavy atom. The summed E-state index contributed by atoms with van der Waals surface area (Å²) in [5, 5.41) is 14.2. The maximum atomic E-state index is 12.8. The van der Waals surface area contributed by atoms with Gasteiger partial charge in [-0.3, -0.25) is 4.57 Å². The van der Waals surface area contributed by atoms with Gasteiger partial charge in [0.15, 0.2) is 0 Å². The maximum absolute atomic E-state index is 12.8. The molecule has 0 unspecified atom stereocenters. The zero-order valence-corrected chi connectivity index (χ0v) is 18.8. The molecule has 1 aromatic heterocycles. The van der Waals surface area contributed by atoms with E-state index in [0.717, 1.165) is 46.7 Å². The van der Waals surface area contributed by atoms with E-state index in [9.17, 15) is 10.1 Å². The van der Waals surface area contributed by atoms with E-state index in [1.165, 1.54) is 17.5 Å². The molecule has 164 valence electrons. The second-order valence-electron chi connectivity index (χ2n) is 8.60. The molecule has 6 nitrogen and oxygen atoms in total. The van der Waals surface area contributed by atoms with E-state index >= 15 is 0 Å². The van der Waals surface area contributed by atoms with Crippen LogP contribution in [0.25, 0.3) is 5.69 Å². The van der Waals surface area contributed by atoms with Crippen molar-refractivity contribution in [2.75, 3.05) is 13.2 Å². The van der Waals surface area contributed by atoms with Crippen molar-refractivity contribution in [3.05, 3.63) is 70.9 Å². The van der Waals surface area contributed by atoms with Crippen molar-refractivity contribution in [1.29, 1.82) is 5.26 Å². The minimum absolute atomic E-state index is 0.0664. The van der Waals surface area contributed by atoms with Crippen molar-refractivity contribution in [2.45, 2.75) is 59.8 Å². The summed E-state index contributed by atoms with van der Waals surface area (Å²) in [4.78, 5) is 15.0. The molecule has 7 heteroatoms. The molecular weight excluding hydrogens is 420 g/mol. The first-order valence-electron chi connectivity index (χ1n) is 11.2. The summed E-state index contributed by atoms with van der Waals surface area (Å²) in [7, 11) is 0. The lowest BCUT2D eigenvalue weighted by molar-refractivity contribution is 0.0675. The van der Waals surface area contributed by atoms with Crippen molar-refractivity contribution in [3.63, 3.8) is 0 Å². The highest BCUT2D eigenvalue weighted by atomic mass is 32.2. The predicted molar refractivity (Wildman–Crippen MR) is 123 cm³/mol. The zero-order chi connectivity index (χ0) is 22.0. The summed E-state index contributed by atoms with van der Waals surface area (Å²) in [6.45, 7) is 1.25. The molecule has 2 aromatic carbocycles. The van der Waals surface area contributed by atoms with Gasteiger partial charge < -0.3 is 4.74 Å². The topological polar surface area (TPSA) is 72.8 Å². The van der Waals surface area contributed by atoms with Crippen molar-refractivity contribution >= 4 is 11.8 Å². The Labute approximate surface area is 191 Å². The molecule has 0 bridgehead atoms. The fraction of sp³-hybridized carbons (Fsp3) is 0.400. The van der Waals surface area contributed by atoms with Gasteiger partial charge in [0.05, 0.1) is 17.2 Å². The lowest BCUT2D eigenvalue weighted by Gasteiger charge is -2.31. The van der Waals surface area contributed by atoms with Crippen molar-refractivity contribution < 1.29 is 4.74 Å². The summed E-state index contributed by atoms with van der Waals surface area (Å²) >= 11 is 1.65. The first kappa shape index (κ1) is 21.0. The number of hydrogen-bond acceptors (Lipinski definition) is 5. The second-order valence-corrected chi connectivity index (χ2v) is 9.75. The first-order chi connectivity index (χ1) is 15.7. The molecule has 1 saturated carbocycles. The average Bonchev–Trinajstić information content (AvgIpc) is 3.50. The predicted octanol–water partition coefficient (Wildman–Crippen LogP) is 4.87. The van der Waals surface area contributed by atoms with Crippen LogP contribution in [-0.4, -0.2) is 27.6 Å². The van der Waals surface area contributed by atoms with Gasteiger partial charge in [0.2, 0.25) is 0 Å². The molecule has 0 amide bonds. The molecule has 32 heavy (non-hydrogen) atoms. The molecule has 0 atom stereocenters. The summed E-state index contributed by atoms with van der Waals surface area (Å²) in [6.07, 6.45) is 7.61. The summed E-state index contributed by atoms with van der Waals surface area (Å²) in [5.41, 5.74) is 1.31. The lowest BCUT2D eigenvalue weighted by atomic mass is 9.75. The maximum Gasteiger partial charge on any atom is 0.350 e. The fourth-order valence-corrected chi connectivity index (χ4v) is 5.64. The number of benzene rings is 2. The Kier molecular flexibility index (Phi) is 5.90. The van der Waals surface area contributed by atoms with Gasteiger partial charge in [-0.05, 0) is 67.6 Å². The number of aromatic nitrogens is 3. The fourth-order valence-electron chi connectivity index (χ4n) is 4.76. The third-order valence-electron chi connectivity index (χ3n) is 6.68. The van der Waals surface area contributed by atoms with Crippen LogP contribution in [0.3, 0.4) is 0 Å². The number of ether oxygens (including phenoxy) is 1. The van der Waals surface area contributed by atoms with Gasteiger partial charge in [-0.1, -0.05) is 36.7 Å². The van der Waals surface area contributed by atoms with E-state index in [1.54, 1.807) is 22.7 Å². The van der Waals surface area contributed by atoms with Crippen LogP contribution in [0.4, 0.5) is 0 Å². The number of nitrogens with zero attached hydrogens (tertiary/aromatic N) is 4. The smallest absolute Gasteiger partial charge is 0.350 e. The normalized spacial score (nSPS) is 18.5. The summed E-state index contributed by atoms with van der Waals surface area (Å²) < 4.78 is 8.73. The number of rotatable bonds is 5. The van der Waals surface area contributed by atoms with E-state index in [0.29, 0.717) is 13.2 Å². The highest BCUT2D eigenvalue weighted by Crippen LogP contribution is 2.37. The molecule has 3 aromatic rings. The summed E-state index contributed by atoms with van der Waals surface area (Å²) in [6, 6.07) is 19.0. The van der Waals surface area contributed by atoms with E-state index in [4.69, 9.17) is 4.74 Å². The van der Waals surface area contributed by atoms with E-state index < -0.39 is 5.41 Å². The molecule has 1 aliphatic heterocycles.